The molecule has 70 valence electrons. The average molecular weight is 174 g/mol. The van der Waals surface area contributed by atoms with Gasteiger partial charge in [0.25, 0.3) is 0 Å². The molecule has 0 aliphatic rings. The maximum absolute atomic E-state index is 10.3. The second-order valence-electron chi connectivity index (χ2n) is 2.45. The number of hydrogen-bond acceptors (Lipinski definition) is 3. The van der Waals surface area contributed by atoms with E-state index in [1.807, 2.05) is 0 Å². The van der Waals surface area contributed by atoms with E-state index in [0.717, 1.165) is 0 Å². The summed E-state index contributed by atoms with van der Waals surface area (Å²) in [5.41, 5.74) is 0. The number of aliphatic hydroxyl groups excluding tert-OH is 1. The Morgan fingerprint density at radius 3 is 2.25 bits per heavy atom. The zero-order chi connectivity index (χ0) is 9.40. The van der Waals surface area contributed by atoms with E-state index >= 15 is 0 Å². The van der Waals surface area contributed by atoms with Crippen LogP contribution in [0.25, 0.3) is 0 Å². The van der Waals surface area contributed by atoms with E-state index in [2.05, 4.69) is 0 Å². The predicted octanol–water partition coefficient (Wildman–Crippen LogP) is -1.47. The fraction of sp³-hybridized carbons (Fsp3) is 0.714. The lowest BCUT2D eigenvalue weighted by Crippen LogP contribution is -2.33. The van der Waals surface area contributed by atoms with Crippen LogP contribution in [0.4, 0.5) is 0 Å². The first kappa shape index (κ1) is 10.9. The lowest BCUT2D eigenvalue weighted by molar-refractivity contribution is -0.121. The maximum Gasteiger partial charge on any atom is 0.209 e. The number of amides is 2. The molecule has 1 N–H and O–H groups in total. The SMILES string of the molecule is CN(C=O)CCN(C=O)CCO. The second kappa shape index (κ2) is 6.60. The van der Waals surface area contributed by atoms with Crippen LogP contribution in [0.1, 0.15) is 0 Å². The largest absolute Gasteiger partial charge is 0.395 e. The van der Waals surface area contributed by atoms with Gasteiger partial charge < -0.3 is 14.9 Å². The Bertz CT molecular complexity index is 141. The Morgan fingerprint density at radius 2 is 1.83 bits per heavy atom. The summed E-state index contributed by atoms with van der Waals surface area (Å²) in [7, 11) is 1.63. The van der Waals surface area contributed by atoms with Gasteiger partial charge in [-0.1, -0.05) is 0 Å². The van der Waals surface area contributed by atoms with Gasteiger partial charge in [-0.05, 0) is 0 Å². The predicted molar refractivity (Wildman–Crippen MR) is 43.4 cm³/mol. The topological polar surface area (TPSA) is 60.9 Å². The minimum absolute atomic E-state index is 0.0520. The highest BCUT2D eigenvalue weighted by Gasteiger charge is 2.00. The fourth-order valence-electron chi connectivity index (χ4n) is 0.685. The van der Waals surface area contributed by atoms with Crippen LogP contribution in [-0.4, -0.2) is 61.0 Å². The number of carbonyl (C=O) groups is 2. The first-order valence-electron chi connectivity index (χ1n) is 3.70. The van der Waals surface area contributed by atoms with Crippen molar-refractivity contribution < 1.29 is 14.7 Å². The van der Waals surface area contributed by atoms with E-state index in [-0.39, 0.29) is 6.61 Å². The van der Waals surface area contributed by atoms with Crippen LogP contribution in [0.5, 0.6) is 0 Å². The molecule has 0 rings (SSSR count). The van der Waals surface area contributed by atoms with Crippen molar-refractivity contribution in [2.24, 2.45) is 0 Å². The summed E-state index contributed by atoms with van der Waals surface area (Å²) in [6.07, 6.45) is 1.36. The molecule has 0 radical (unpaired) electrons. The van der Waals surface area contributed by atoms with Crippen LogP contribution in [0, 0.1) is 0 Å². The van der Waals surface area contributed by atoms with Crippen molar-refractivity contribution in [1.82, 2.24) is 9.80 Å². The molecule has 0 aromatic carbocycles. The van der Waals surface area contributed by atoms with Gasteiger partial charge in [0.05, 0.1) is 6.61 Å². The summed E-state index contributed by atoms with van der Waals surface area (Å²) >= 11 is 0. The summed E-state index contributed by atoms with van der Waals surface area (Å²) in [6, 6.07) is 0. The molecule has 0 aromatic heterocycles. The van der Waals surface area contributed by atoms with Crippen LogP contribution >= 0.6 is 0 Å². The van der Waals surface area contributed by atoms with E-state index in [9.17, 15) is 9.59 Å². The molecule has 0 aliphatic carbocycles. The molecule has 2 amide bonds. The highest BCUT2D eigenvalue weighted by atomic mass is 16.3. The molecule has 12 heavy (non-hydrogen) atoms. The van der Waals surface area contributed by atoms with Gasteiger partial charge in [-0.3, -0.25) is 9.59 Å². The summed E-state index contributed by atoms with van der Waals surface area (Å²) in [5.74, 6) is 0. The normalized spacial score (nSPS) is 9.17. The Hall–Kier alpha value is -1.10. The van der Waals surface area contributed by atoms with Crippen molar-refractivity contribution in [1.29, 1.82) is 0 Å². The lowest BCUT2D eigenvalue weighted by atomic mass is 10.5. The first-order chi connectivity index (χ1) is 5.74. The Morgan fingerprint density at radius 1 is 1.17 bits per heavy atom. The summed E-state index contributed by atoms with van der Waals surface area (Å²) < 4.78 is 0. The van der Waals surface area contributed by atoms with E-state index in [1.165, 1.54) is 9.80 Å². The summed E-state index contributed by atoms with van der Waals surface area (Å²) in [5, 5.41) is 8.51. The first-order valence-corrected chi connectivity index (χ1v) is 3.70. The van der Waals surface area contributed by atoms with Crippen molar-refractivity contribution in [2.75, 3.05) is 33.3 Å². The van der Waals surface area contributed by atoms with Crippen LogP contribution in [-0.2, 0) is 9.59 Å². The Kier molecular flexibility index (Phi) is 6.00. The number of likely N-dealkylation sites (N-methyl/N-ethyl adjacent to an activating group) is 1. The monoisotopic (exact) mass is 174 g/mol. The van der Waals surface area contributed by atoms with Crippen LogP contribution in [0.2, 0.25) is 0 Å². The highest BCUT2D eigenvalue weighted by molar-refractivity contribution is 5.48. The van der Waals surface area contributed by atoms with Gasteiger partial charge in [0.2, 0.25) is 12.8 Å². The number of rotatable bonds is 7. The van der Waals surface area contributed by atoms with Gasteiger partial charge in [0, 0.05) is 26.7 Å². The summed E-state index contributed by atoms with van der Waals surface area (Å²) in [4.78, 5) is 23.3. The van der Waals surface area contributed by atoms with E-state index < -0.39 is 0 Å². The molecule has 0 aromatic rings. The van der Waals surface area contributed by atoms with Crippen molar-refractivity contribution in [3.8, 4) is 0 Å². The molecule has 5 nitrogen and oxygen atoms in total. The third kappa shape index (κ3) is 4.68. The zero-order valence-electron chi connectivity index (χ0n) is 7.14. The molecular weight excluding hydrogens is 160 g/mol. The molecule has 0 spiro atoms. The molecule has 0 aliphatic heterocycles. The molecule has 0 saturated carbocycles. The van der Waals surface area contributed by atoms with Gasteiger partial charge in [-0.15, -0.1) is 0 Å². The number of carbonyl (C=O) groups excluding carboxylic acids is 2. The standard InChI is InChI=1S/C7H14N2O3/c1-8(6-11)2-3-9(7-12)4-5-10/h6-7,10H,2-5H2,1H3. The van der Waals surface area contributed by atoms with Crippen LogP contribution in [0.3, 0.4) is 0 Å². The minimum Gasteiger partial charge on any atom is -0.395 e. The van der Waals surface area contributed by atoms with Gasteiger partial charge >= 0.3 is 0 Å². The molecule has 0 heterocycles. The zero-order valence-corrected chi connectivity index (χ0v) is 7.14. The smallest absolute Gasteiger partial charge is 0.209 e. The molecular formula is C7H14N2O3. The van der Waals surface area contributed by atoms with Crippen molar-refractivity contribution >= 4 is 12.8 Å². The van der Waals surface area contributed by atoms with Gasteiger partial charge in [-0.2, -0.15) is 0 Å². The third-order valence-electron chi connectivity index (χ3n) is 1.46. The molecule has 0 fully saturated rings. The number of nitrogens with zero attached hydrogens (tertiary/aromatic N) is 2. The van der Waals surface area contributed by atoms with Crippen LogP contribution in [0.15, 0.2) is 0 Å². The molecule has 0 atom stereocenters. The van der Waals surface area contributed by atoms with Crippen LogP contribution < -0.4 is 0 Å². The Labute approximate surface area is 71.6 Å². The second-order valence-corrected chi connectivity index (χ2v) is 2.45. The summed E-state index contributed by atoms with van der Waals surface area (Å²) in [6.45, 7) is 1.21. The van der Waals surface area contributed by atoms with E-state index in [1.54, 1.807) is 7.05 Å². The molecule has 0 bridgehead atoms. The third-order valence-corrected chi connectivity index (χ3v) is 1.46. The number of aliphatic hydroxyl groups is 1. The molecule has 5 heteroatoms. The van der Waals surface area contributed by atoms with Crippen molar-refractivity contribution in [2.45, 2.75) is 0 Å². The Balaban J connectivity index is 3.56. The van der Waals surface area contributed by atoms with Gasteiger partial charge in [0.15, 0.2) is 0 Å². The van der Waals surface area contributed by atoms with Crippen molar-refractivity contribution in [3.63, 3.8) is 0 Å². The van der Waals surface area contributed by atoms with Crippen molar-refractivity contribution in [3.05, 3.63) is 0 Å². The molecule has 0 saturated heterocycles. The average Bonchev–Trinajstić information content (AvgIpc) is 2.11. The van der Waals surface area contributed by atoms with E-state index in [0.29, 0.717) is 32.5 Å². The van der Waals surface area contributed by atoms with Gasteiger partial charge in [-0.25, -0.2) is 0 Å². The quantitative estimate of drug-likeness (QED) is 0.479. The minimum atomic E-state index is -0.0520. The molecule has 0 unspecified atom stereocenters. The fourth-order valence-corrected chi connectivity index (χ4v) is 0.685. The lowest BCUT2D eigenvalue weighted by Gasteiger charge is -2.18. The van der Waals surface area contributed by atoms with E-state index in [4.69, 9.17) is 5.11 Å². The number of hydrogen-bond donors (Lipinski definition) is 1. The maximum atomic E-state index is 10.3. The highest BCUT2D eigenvalue weighted by Crippen LogP contribution is 1.83. The van der Waals surface area contributed by atoms with Gasteiger partial charge in [0.1, 0.15) is 0 Å².